The van der Waals surface area contributed by atoms with Gasteiger partial charge in [-0.15, -0.1) is 0 Å². The maximum absolute atomic E-state index is 11.6. The normalized spacial score (nSPS) is 18.2. The van der Waals surface area contributed by atoms with Gasteiger partial charge in [-0.1, -0.05) is 48.0 Å². The molecule has 156 valence electrons. The second-order valence-electron chi connectivity index (χ2n) is 7.60. The molecule has 6 nitrogen and oxygen atoms in total. The number of anilines is 1. The number of halogens is 1. The first kappa shape index (κ1) is 20.6. The summed E-state index contributed by atoms with van der Waals surface area (Å²) in [7, 11) is 0. The van der Waals surface area contributed by atoms with Crippen molar-refractivity contribution in [3.8, 4) is 5.69 Å². The number of nitrogens with one attached hydrogen (secondary N) is 1. The molecule has 1 aliphatic rings. The van der Waals surface area contributed by atoms with Crippen LogP contribution in [0.2, 0.25) is 5.02 Å². The number of benzene rings is 2. The van der Waals surface area contributed by atoms with E-state index in [-0.39, 0.29) is 22.9 Å². The van der Waals surface area contributed by atoms with E-state index in [1.54, 1.807) is 22.9 Å². The largest absolute Gasteiger partial charge is 0.733 e. The molecule has 0 saturated carbocycles. The quantitative estimate of drug-likeness (QED) is 0.429. The molecule has 0 spiro atoms. The molecule has 2 N–H and O–H groups in total. The molecule has 0 amide bonds. The van der Waals surface area contributed by atoms with Gasteiger partial charge in [0.05, 0.1) is 17.1 Å². The number of aromatic nitrogens is 2. The molecular formula is C23H24ClN4O2-. The molecule has 0 bridgehead atoms. The molecule has 0 aliphatic heterocycles. The number of para-hydroxylation sites is 2. The minimum Gasteiger partial charge on any atom is -0.733 e. The zero-order valence-electron chi connectivity index (χ0n) is 16.9. The van der Waals surface area contributed by atoms with E-state index in [9.17, 15) is 10.4 Å². The van der Waals surface area contributed by atoms with Crippen LogP contribution in [-0.2, 0) is 6.54 Å². The Morgan fingerprint density at radius 3 is 2.77 bits per heavy atom. The zero-order chi connectivity index (χ0) is 21.3. The van der Waals surface area contributed by atoms with Crippen molar-refractivity contribution < 1.29 is 5.21 Å². The molecule has 0 radical (unpaired) electrons. The second-order valence-corrected chi connectivity index (χ2v) is 8.04. The standard InChI is InChI=1S/C23H24ClN4O2/c1-15-23(16(2)27(26-15)21-8-3-4-9-22(21)28(29)30)18-10-11-20(13-18)25-14-17-6-5-7-19(24)12-17/h3-12,18,20,25,29H,13-14H2,1-2H3/q-1. The van der Waals surface area contributed by atoms with E-state index in [1.807, 2.05) is 38.1 Å². The molecule has 4 rings (SSSR count). The van der Waals surface area contributed by atoms with Crippen molar-refractivity contribution in [1.29, 1.82) is 0 Å². The summed E-state index contributed by atoms with van der Waals surface area (Å²) in [6.07, 6.45) is 5.35. The SMILES string of the molecule is Cc1nn(-c2ccccc2N([O-])O)c(C)c1C1C=CC(NCc2cccc(Cl)c2)C1. The monoisotopic (exact) mass is 423 g/mol. The lowest BCUT2D eigenvalue weighted by atomic mass is 9.96. The molecule has 2 aromatic carbocycles. The summed E-state index contributed by atoms with van der Waals surface area (Å²) in [5.41, 5.74) is 4.91. The summed E-state index contributed by atoms with van der Waals surface area (Å²) < 4.78 is 1.74. The molecule has 30 heavy (non-hydrogen) atoms. The zero-order valence-corrected chi connectivity index (χ0v) is 17.7. The van der Waals surface area contributed by atoms with Gasteiger partial charge >= 0.3 is 0 Å². The van der Waals surface area contributed by atoms with E-state index in [0.29, 0.717) is 5.69 Å². The summed E-state index contributed by atoms with van der Waals surface area (Å²) in [5.74, 6) is 0.236. The fourth-order valence-electron chi connectivity index (χ4n) is 4.19. The Hall–Kier alpha value is -2.64. The van der Waals surface area contributed by atoms with Crippen LogP contribution in [0, 0.1) is 19.1 Å². The number of nitrogens with zero attached hydrogens (tertiary/aromatic N) is 3. The van der Waals surface area contributed by atoms with Crippen molar-refractivity contribution in [1.82, 2.24) is 15.1 Å². The average Bonchev–Trinajstić information content (AvgIpc) is 3.30. The highest BCUT2D eigenvalue weighted by Crippen LogP contribution is 2.35. The van der Waals surface area contributed by atoms with Gasteiger partial charge in [0.2, 0.25) is 0 Å². The van der Waals surface area contributed by atoms with Crippen molar-refractivity contribution in [3.05, 3.63) is 93.4 Å². The average molecular weight is 424 g/mol. The van der Waals surface area contributed by atoms with Crippen LogP contribution in [0.5, 0.6) is 0 Å². The lowest BCUT2D eigenvalue weighted by Gasteiger charge is -2.24. The van der Waals surface area contributed by atoms with E-state index in [2.05, 4.69) is 28.6 Å². The minimum atomic E-state index is -0.114. The molecule has 1 heterocycles. The fourth-order valence-corrected chi connectivity index (χ4v) is 4.40. The van der Waals surface area contributed by atoms with Crippen molar-refractivity contribution >= 4 is 17.3 Å². The van der Waals surface area contributed by atoms with Gasteiger partial charge in [-0.2, -0.15) is 5.10 Å². The maximum atomic E-state index is 11.6. The van der Waals surface area contributed by atoms with Crippen LogP contribution in [0.3, 0.4) is 0 Å². The molecule has 3 aromatic rings. The van der Waals surface area contributed by atoms with Crippen LogP contribution < -0.4 is 10.5 Å². The Morgan fingerprint density at radius 1 is 1.20 bits per heavy atom. The Bertz CT molecular complexity index is 1080. The van der Waals surface area contributed by atoms with Gasteiger partial charge in [0.25, 0.3) is 0 Å². The molecule has 2 unspecified atom stereocenters. The van der Waals surface area contributed by atoms with E-state index >= 15 is 0 Å². The molecular weight excluding hydrogens is 400 g/mol. The Labute approximate surface area is 180 Å². The number of hydrogen-bond donors (Lipinski definition) is 2. The van der Waals surface area contributed by atoms with Crippen molar-refractivity contribution in [2.75, 3.05) is 5.23 Å². The number of allylic oxidation sites excluding steroid dienone is 1. The van der Waals surface area contributed by atoms with Gasteiger partial charge in [-0.25, -0.2) is 4.68 Å². The lowest BCUT2D eigenvalue weighted by molar-refractivity contribution is 0.296. The third-order valence-electron chi connectivity index (χ3n) is 5.58. The summed E-state index contributed by atoms with van der Waals surface area (Å²) in [5, 5.41) is 29.9. The van der Waals surface area contributed by atoms with Crippen LogP contribution in [0.4, 0.5) is 5.69 Å². The Kier molecular flexibility index (Phi) is 5.92. The van der Waals surface area contributed by atoms with Gasteiger partial charge in [0.15, 0.2) is 0 Å². The van der Waals surface area contributed by atoms with Crippen LogP contribution in [-0.4, -0.2) is 21.0 Å². The van der Waals surface area contributed by atoms with Crippen molar-refractivity contribution in [2.24, 2.45) is 0 Å². The van der Waals surface area contributed by atoms with Gasteiger partial charge in [-0.3, -0.25) is 5.21 Å². The number of aryl methyl sites for hydroxylation is 1. The first-order valence-corrected chi connectivity index (χ1v) is 10.3. The third kappa shape index (κ3) is 4.13. The maximum Gasteiger partial charge on any atom is 0.0895 e. The highest BCUT2D eigenvalue weighted by Gasteiger charge is 2.26. The topological polar surface area (TPSA) is 76.4 Å². The first-order chi connectivity index (χ1) is 14.4. The molecule has 0 saturated heterocycles. The fraction of sp³-hybridized carbons (Fsp3) is 0.261. The van der Waals surface area contributed by atoms with Crippen LogP contribution >= 0.6 is 11.6 Å². The molecule has 1 aliphatic carbocycles. The lowest BCUT2D eigenvalue weighted by Crippen LogP contribution is -2.25. The number of rotatable bonds is 6. The van der Waals surface area contributed by atoms with E-state index < -0.39 is 0 Å². The predicted molar refractivity (Wildman–Crippen MR) is 119 cm³/mol. The van der Waals surface area contributed by atoms with E-state index in [0.717, 1.165) is 40.5 Å². The van der Waals surface area contributed by atoms with Crippen molar-refractivity contribution in [3.63, 3.8) is 0 Å². The van der Waals surface area contributed by atoms with Crippen LogP contribution in [0.1, 0.15) is 34.9 Å². The van der Waals surface area contributed by atoms with Gasteiger partial charge in [0, 0.05) is 34.8 Å². The summed E-state index contributed by atoms with van der Waals surface area (Å²) in [6, 6.07) is 15.0. The molecule has 1 aromatic heterocycles. The van der Waals surface area contributed by atoms with Crippen LogP contribution in [0.25, 0.3) is 5.69 Å². The highest BCUT2D eigenvalue weighted by atomic mass is 35.5. The Balaban J connectivity index is 1.52. The second kappa shape index (κ2) is 8.62. The van der Waals surface area contributed by atoms with Gasteiger partial charge < -0.3 is 15.8 Å². The Morgan fingerprint density at radius 2 is 2.00 bits per heavy atom. The smallest absolute Gasteiger partial charge is 0.0895 e. The minimum absolute atomic E-state index is 0.114. The van der Waals surface area contributed by atoms with Crippen molar-refractivity contribution in [2.45, 2.75) is 38.8 Å². The molecule has 7 heteroatoms. The highest BCUT2D eigenvalue weighted by molar-refractivity contribution is 6.30. The predicted octanol–water partition coefficient (Wildman–Crippen LogP) is 5.04. The first-order valence-electron chi connectivity index (χ1n) is 9.92. The summed E-state index contributed by atoms with van der Waals surface area (Å²) in [6.45, 7) is 4.73. The third-order valence-corrected chi connectivity index (χ3v) is 5.81. The van der Waals surface area contributed by atoms with E-state index in [4.69, 9.17) is 11.6 Å². The molecule has 2 atom stereocenters. The van der Waals surface area contributed by atoms with E-state index in [1.165, 1.54) is 0 Å². The summed E-state index contributed by atoms with van der Waals surface area (Å²) in [4.78, 5) is 0. The number of hydrogen-bond acceptors (Lipinski definition) is 5. The molecule has 0 fully saturated rings. The van der Waals surface area contributed by atoms with Gasteiger partial charge in [0.1, 0.15) is 0 Å². The van der Waals surface area contributed by atoms with Gasteiger partial charge in [-0.05, 0) is 50.1 Å². The summed E-state index contributed by atoms with van der Waals surface area (Å²) >= 11 is 6.07. The van der Waals surface area contributed by atoms with Crippen LogP contribution in [0.15, 0.2) is 60.7 Å².